The van der Waals surface area contributed by atoms with Gasteiger partial charge in [0.1, 0.15) is 0 Å². The van der Waals surface area contributed by atoms with Gasteiger partial charge in [-0.15, -0.1) is 0 Å². The second-order valence-electron chi connectivity index (χ2n) is 21.8. The van der Waals surface area contributed by atoms with Gasteiger partial charge in [0.15, 0.2) is 0 Å². The molecule has 0 aliphatic rings. The number of hydrogen-bond donors (Lipinski definition) is 3. The van der Waals surface area contributed by atoms with Gasteiger partial charge in [-0.25, -0.2) is 0 Å². The number of ether oxygens (including phenoxy) is 1. The number of nitrogens with one attached hydrogen (secondary N) is 1. The van der Waals surface area contributed by atoms with Gasteiger partial charge in [-0.2, -0.15) is 0 Å². The molecule has 0 spiro atoms. The van der Waals surface area contributed by atoms with Crippen LogP contribution < -0.4 is 5.32 Å². The van der Waals surface area contributed by atoms with E-state index < -0.39 is 12.1 Å². The Morgan fingerprint density at radius 2 is 0.667 bits per heavy atom. The second-order valence-corrected chi connectivity index (χ2v) is 21.8. The van der Waals surface area contributed by atoms with Crippen LogP contribution in [0.5, 0.6) is 0 Å². The van der Waals surface area contributed by atoms with Crippen LogP contribution in [0.4, 0.5) is 0 Å². The third-order valence-corrected chi connectivity index (χ3v) is 14.8. The van der Waals surface area contributed by atoms with E-state index in [1.165, 1.54) is 289 Å². The van der Waals surface area contributed by atoms with Crippen LogP contribution in [-0.2, 0) is 14.3 Å². The number of carbonyl (C=O) groups is 2. The second kappa shape index (κ2) is 59.2. The molecule has 0 saturated carbocycles. The summed E-state index contributed by atoms with van der Waals surface area (Å²) in [7, 11) is 0. The minimum Gasteiger partial charge on any atom is -0.466 e. The summed E-state index contributed by atoms with van der Waals surface area (Å²) in [6.45, 7) is 4.93. The largest absolute Gasteiger partial charge is 0.466 e. The summed E-state index contributed by atoms with van der Waals surface area (Å²) < 4.78 is 5.47. The lowest BCUT2D eigenvalue weighted by Gasteiger charge is -2.20. The van der Waals surface area contributed by atoms with Crippen LogP contribution in [0.25, 0.3) is 0 Å². The maximum atomic E-state index is 12.5. The van der Waals surface area contributed by atoms with Crippen molar-refractivity contribution in [2.24, 2.45) is 0 Å². The van der Waals surface area contributed by atoms with Crippen molar-refractivity contribution in [1.82, 2.24) is 5.32 Å². The first kappa shape index (κ1) is 67.6. The number of unbranched alkanes of at least 4 members (excludes halogenated alkanes) is 48. The van der Waals surface area contributed by atoms with Crippen molar-refractivity contribution in [3.63, 3.8) is 0 Å². The number of hydrogen-bond acceptors (Lipinski definition) is 5. The number of allylic oxidation sites excluding steroid dienone is 1. The van der Waals surface area contributed by atoms with Crippen molar-refractivity contribution >= 4 is 11.9 Å². The standard InChI is InChI=1S/C63H123NO5/c1-3-5-7-9-11-13-15-17-18-19-20-23-26-29-32-35-39-43-47-51-55-61(66)60(59-65)64-62(67)56-52-48-44-40-36-33-30-27-24-21-22-25-28-31-34-38-42-46-50-54-58-69-63(68)57-53-49-45-41-37-16-14-12-10-8-6-4-2/h51,55,60-61,65-66H,3-50,52-54,56-59H2,1-2H3,(H,64,67)/b55-51+. The van der Waals surface area contributed by atoms with Crippen LogP contribution in [0.2, 0.25) is 0 Å². The molecule has 0 radical (unpaired) electrons. The van der Waals surface area contributed by atoms with E-state index in [9.17, 15) is 19.8 Å². The molecule has 0 rings (SSSR count). The molecule has 0 aliphatic heterocycles. The highest BCUT2D eigenvalue weighted by molar-refractivity contribution is 5.76. The number of esters is 1. The van der Waals surface area contributed by atoms with E-state index >= 15 is 0 Å². The van der Waals surface area contributed by atoms with Crippen molar-refractivity contribution in [3.8, 4) is 0 Å². The summed E-state index contributed by atoms with van der Waals surface area (Å²) in [4.78, 5) is 24.5. The molecule has 0 saturated heterocycles. The lowest BCUT2D eigenvalue weighted by Crippen LogP contribution is -2.45. The zero-order chi connectivity index (χ0) is 50.0. The predicted molar refractivity (Wildman–Crippen MR) is 301 cm³/mol. The summed E-state index contributed by atoms with van der Waals surface area (Å²) in [5.74, 6) is -0.0547. The Morgan fingerprint density at radius 3 is 0.986 bits per heavy atom. The van der Waals surface area contributed by atoms with Crippen LogP contribution in [0.3, 0.4) is 0 Å². The van der Waals surface area contributed by atoms with Gasteiger partial charge in [0.2, 0.25) is 5.91 Å². The maximum Gasteiger partial charge on any atom is 0.305 e. The van der Waals surface area contributed by atoms with Gasteiger partial charge in [0, 0.05) is 12.8 Å². The van der Waals surface area contributed by atoms with Crippen LogP contribution in [0.1, 0.15) is 354 Å². The van der Waals surface area contributed by atoms with Gasteiger partial charge >= 0.3 is 5.97 Å². The van der Waals surface area contributed by atoms with E-state index in [-0.39, 0.29) is 18.5 Å². The van der Waals surface area contributed by atoms with Gasteiger partial charge in [-0.05, 0) is 32.1 Å². The topological polar surface area (TPSA) is 95.9 Å². The summed E-state index contributed by atoms with van der Waals surface area (Å²) >= 11 is 0. The molecule has 0 aromatic carbocycles. The van der Waals surface area contributed by atoms with E-state index in [4.69, 9.17) is 4.74 Å². The monoisotopic (exact) mass is 974 g/mol. The minimum absolute atomic E-state index is 0.0114. The van der Waals surface area contributed by atoms with E-state index in [0.717, 1.165) is 38.5 Å². The van der Waals surface area contributed by atoms with Gasteiger partial charge in [-0.1, -0.05) is 321 Å². The van der Waals surface area contributed by atoms with Crippen molar-refractivity contribution in [2.75, 3.05) is 13.2 Å². The molecule has 410 valence electrons. The third kappa shape index (κ3) is 55.8. The fraction of sp³-hybridized carbons (Fsp3) is 0.937. The summed E-state index contributed by atoms with van der Waals surface area (Å²) in [5.41, 5.74) is 0. The zero-order valence-corrected chi connectivity index (χ0v) is 46.8. The van der Waals surface area contributed by atoms with Crippen molar-refractivity contribution < 1.29 is 24.5 Å². The number of aliphatic hydroxyl groups is 2. The van der Waals surface area contributed by atoms with Gasteiger partial charge in [0.05, 0.1) is 25.4 Å². The molecule has 0 heterocycles. The van der Waals surface area contributed by atoms with Crippen LogP contribution >= 0.6 is 0 Å². The Balaban J connectivity index is 3.42. The molecule has 2 unspecified atom stereocenters. The molecule has 0 aromatic heterocycles. The Hall–Kier alpha value is -1.40. The highest BCUT2D eigenvalue weighted by atomic mass is 16.5. The fourth-order valence-corrected chi connectivity index (χ4v) is 9.99. The lowest BCUT2D eigenvalue weighted by atomic mass is 10.0. The molecule has 69 heavy (non-hydrogen) atoms. The van der Waals surface area contributed by atoms with E-state index in [2.05, 4.69) is 19.2 Å². The molecular weight excluding hydrogens is 851 g/mol. The summed E-state index contributed by atoms with van der Waals surface area (Å²) in [6, 6.07) is -0.629. The van der Waals surface area contributed by atoms with E-state index in [1.807, 2.05) is 6.08 Å². The first-order chi connectivity index (χ1) is 34.0. The Labute approximate surface area is 431 Å². The fourth-order valence-electron chi connectivity index (χ4n) is 9.99. The highest BCUT2D eigenvalue weighted by Crippen LogP contribution is 2.18. The quantitative estimate of drug-likeness (QED) is 0.0321. The Kier molecular flexibility index (Phi) is 58.0. The zero-order valence-electron chi connectivity index (χ0n) is 46.8. The molecule has 0 bridgehead atoms. The molecule has 0 aromatic rings. The molecule has 0 aliphatic carbocycles. The molecule has 0 fully saturated rings. The van der Waals surface area contributed by atoms with Crippen molar-refractivity contribution in [3.05, 3.63) is 12.2 Å². The average molecular weight is 975 g/mol. The van der Waals surface area contributed by atoms with Crippen LogP contribution in [0.15, 0.2) is 12.2 Å². The number of carbonyl (C=O) groups excluding carboxylic acids is 2. The molecule has 2 atom stereocenters. The van der Waals surface area contributed by atoms with Gasteiger partial charge in [-0.3, -0.25) is 9.59 Å². The van der Waals surface area contributed by atoms with E-state index in [1.54, 1.807) is 6.08 Å². The normalized spacial score (nSPS) is 12.6. The average Bonchev–Trinajstić information content (AvgIpc) is 3.35. The van der Waals surface area contributed by atoms with Crippen LogP contribution in [-0.4, -0.2) is 47.4 Å². The SMILES string of the molecule is CCCCCCCCCCCCCCCCCCCC/C=C/C(O)C(CO)NC(=O)CCCCCCCCCCCCCCCCCCCCCCOC(=O)CCCCCCCCCCCCCC. The molecule has 3 N–H and O–H groups in total. The van der Waals surface area contributed by atoms with Crippen molar-refractivity contribution in [2.45, 2.75) is 366 Å². The van der Waals surface area contributed by atoms with Crippen molar-refractivity contribution in [1.29, 1.82) is 0 Å². The Bertz CT molecular complexity index is 1030. The predicted octanol–water partition coefficient (Wildman–Crippen LogP) is 19.6. The summed E-state index contributed by atoms with van der Waals surface area (Å²) in [5, 5.41) is 23.2. The highest BCUT2D eigenvalue weighted by Gasteiger charge is 2.18. The maximum absolute atomic E-state index is 12.5. The lowest BCUT2D eigenvalue weighted by molar-refractivity contribution is -0.143. The number of aliphatic hydroxyl groups excluding tert-OH is 2. The van der Waals surface area contributed by atoms with Crippen LogP contribution in [0, 0.1) is 0 Å². The van der Waals surface area contributed by atoms with E-state index in [0.29, 0.717) is 19.4 Å². The molecular formula is C63H123NO5. The Morgan fingerprint density at radius 1 is 0.391 bits per heavy atom. The smallest absolute Gasteiger partial charge is 0.305 e. The number of amides is 1. The molecule has 6 nitrogen and oxygen atoms in total. The first-order valence-electron chi connectivity index (χ1n) is 31.5. The summed E-state index contributed by atoms with van der Waals surface area (Å²) in [6.07, 6.45) is 71.1. The number of rotatable bonds is 59. The minimum atomic E-state index is -0.845. The first-order valence-corrected chi connectivity index (χ1v) is 31.5. The van der Waals surface area contributed by atoms with Gasteiger partial charge in [0.25, 0.3) is 0 Å². The van der Waals surface area contributed by atoms with Gasteiger partial charge < -0.3 is 20.3 Å². The molecule has 1 amide bonds. The third-order valence-electron chi connectivity index (χ3n) is 14.8. The molecule has 6 heteroatoms.